The van der Waals surface area contributed by atoms with E-state index >= 15 is 0 Å². The molecule has 0 aromatic heterocycles. The van der Waals surface area contributed by atoms with E-state index in [1.807, 2.05) is 19.9 Å². The van der Waals surface area contributed by atoms with Crippen molar-refractivity contribution < 1.29 is 4.79 Å². The first kappa shape index (κ1) is 18.6. The van der Waals surface area contributed by atoms with Crippen LogP contribution in [0.15, 0.2) is 34.8 Å². The van der Waals surface area contributed by atoms with Crippen LogP contribution in [0.3, 0.4) is 0 Å². The van der Waals surface area contributed by atoms with E-state index in [9.17, 15) is 4.79 Å². The molecule has 2 rings (SSSR count). The fourth-order valence-corrected chi connectivity index (χ4v) is 3.30. The van der Waals surface area contributed by atoms with Gasteiger partial charge >= 0.3 is 0 Å². The molecular weight excluding hydrogens is 511 g/mol. The van der Waals surface area contributed by atoms with E-state index in [1.165, 1.54) is 3.57 Å². The van der Waals surface area contributed by atoms with Crippen LogP contribution in [0.5, 0.6) is 0 Å². The number of rotatable bonds is 2. The molecule has 1 amide bonds. The summed E-state index contributed by atoms with van der Waals surface area (Å²) in [5.74, 6) is -0.353. The standard InChI is InChI=1S/C16H13BrClIN2OS/c1-8-6-14(9(2)5-13(8)19)20-16(23)21-15(22)11-7-10(17)3-4-12(11)18/h3-7H,1-2H3,(H2,20,21,22,23). The zero-order chi connectivity index (χ0) is 17.1. The molecule has 0 aliphatic heterocycles. The number of carbonyl (C=O) groups is 1. The number of carbonyl (C=O) groups excluding carboxylic acids is 1. The topological polar surface area (TPSA) is 41.1 Å². The van der Waals surface area contributed by atoms with Crippen molar-refractivity contribution in [1.29, 1.82) is 0 Å². The summed E-state index contributed by atoms with van der Waals surface area (Å²) < 4.78 is 1.96. The second kappa shape index (κ2) is 7.92. The van der Waals surface area contributed by atoms with Gasteiger partial charge in [-0.15, -0.1) is 0 Å². The molecule has 0 aliphatic rings. The molecule has 2 N–H and O–H groups in total. The van der Waals surface area contributed by atoms with Gasteiger partial charge in [0.05, 0.1) is 10.6 Å². The molecule has 120 valence electrons. The molecule has 2 aromatic carbocycles. The Balaban J connectivity index is 2.12. The summed E-state index contributed by atoms with van der Waals surface area (Å²) in [7, 11) is 0. The summed E-state index contributed by atoms with van der Waals surface area (Å²) in [5, 5.41) is 6.30. The molecule has 0 radical (unpaired) electrons. The van der Waals surface area contributed by atoms with Crippen LogP contribution in [0, 0.1) is 17.4 Å². The minimum Gasteiger partial charge on any atom is -0.332 e. The maximum atomic E-state index is 12.3. The highest BCUT2D eigenvalue weighted by Crippen LogP contribution is 2.23. The molecule has 0 heterocycles. The van der Waals surface area contributed by atoms with Gasteiger partial charge in [-0.25, -0.2) is 0 Å². The molecule has 0 saturated carbocycles. The van der Waals surface area contributed by atoms with Crippen LogP contribution >= 0.6 is 62.3 Å². The normalized spacial score (nSPS) is 10.3. The van der Waals surface area contributed by atoms with E-state index in [1.54, 1.807) is 18.2 Å². The third-order valence-corrected chi connectivity index (χ3v) is 5.34. The van der Waals surface area contributed by atoms with Crippen molar-refractivity contribution in [1.82, 2.24) is 5.32 Å². The smallest absolute Gasteiger partial charge is 0.258 e. The maximum Gasteiger partial charge on any atom is 0.258 e. The highest BCUT2D eigenvalue weighted by atomic mass is 127. The Kier molecular flexibility index (Phi) is 6.41. The van der Waals surface area contributed by atoms with Gasteiger partial charge in [-0.05, 0) is 90.1 Å². The second-order valence-electron chi connectivity index (χ2n) is 4.95. The van der Waals surface area contributed by atoms with Gasteiger partial charge in [-0.3, -0.25) is 10.1 Å². The maximum absolute atomic E-state index is 12.3. The predicted octanol–water partition coefficient (Wildman–Crippen LogP) is 5.45. The molecule has 7 heteroatoms. The van der Waals surface area contributed by atoms with Crippen LogP contribution in [0.4, 0.5) is 5.69 Å². The van der Waals surface area contributed by atoms with Crippen molar-refractivity contribution in [3.05, 3.63) is 60.1 Å². The number of benzene rings is 2. The Hall–Kier alpha value is -0.700. The second-order valence-corrected chi connectivity index (χ2v) is 7.84. The van der Waals surface area contributed by atoms with Crippen molar-refractivity contribution in [2.24, 2.45) is 0 Å². The molecule has 0 fully saturated rings. The first-order chi connectivity index (χ1) is 10.8. The van der Waals surface area contributed by atoms with Gasteiger partial charge in [-0.2, -0.15) is 0 Å². The van der Waals surface area contributed by atoms with E-state index < -0.39 is 0 Å². The van der Waals surface area contributed by atoms with Gasteiger partial charge in [-0.1, -0.05) is 27.5 Å². The quantitative estimate of drug-likeness (QED) is 0.406. The van der Waals surface area contributed by atoms with Crippen molar-refractivity contribution in [3.63, 3.8) is 0 Å². The van der Waals surface area contributed by atoms with Gasteiger partial charge in [0.25, 0.3) is 5.91 Å². The zero-order valence-corrected chi connectivity index (χ0v) is 17.7. The minimum absolute atomic E-state index is 0.231. The Morgan fingerprint density at radius 1 is 1.22 bits per heavy atom. The summed E-state index contributed by atoms with van der Waals surface area (Å²) in [6, 6.07) is 9.15. The third-order valence-electron chi connectivity index (χ3n) is 3.15. The van der Waals surface area contributed by atoms with Crippen LogP contribution in [0.1, 0.15) is 21.5 Å². The monoisotopic (exact) mass is 522 g/mol. The lowest BCUT2D eigenvalue weighted by Gasteiger charge is -2.14. The lowest BCUT2D eigenvalue weighted by molar-refractivity contribution is 0.0978. The molecule has 0 saturated heterocycles. The molecule has 0 bridgehead atoms. The third kappa shape index (κ3) is 4.89. The number of hydrogen-bond acceptors (Lipinski definition) is 2. The number of halogens is 3. The van der Waals surface area contributed by atoms with Crippen LogP contribution in [-0.4, -0.2) is 11.0 Å². The molecular formula is C16H13BrClIN2OS. The van der Waals surface area contributed by atoms with Crippen LogP contribution in [0.2, 0.25) is 5.02 Å². The Morgan fingerprint density at radius 3 is 2.61 bits per heavy atom. The van der Waals surface area contributed by atoms with Gasteiger partial charge in [0.15, 0.2) is 5.11 Å². The molecule has 0 aliphatic carbocycles. The summed E-state index contributed by atoms with van der Waals surface area (Å²) in [6.07, 6.45) is 0. The number of hydrogen-bond donors (Lipinski definition) is 2. The van der Waals surface area contributed by atoms with E-state index in [4.69, 9.17) is 23.8 Å². The highest BCUT2D eigenvalue weighted by Gasteiger charge is 2.13. The molecule has 0 spiro atoms. The summed E-state index contributed by atoms with van der Waals surface area (Å²) in [4.78, 5) is 12.3. The number of aryl methyl sites for hydroxylation is 2. The average molecular weight is 524 g/mol. The van der Waals surface area contributed by atoms with Crippen molar-refractivity contribution in [2.75, 3.05) is 5.32 Å². The van der Waals surface area contributed by atoms with Gasteiger partial charge in [0.1, 0.15) is 0 Å². The fraction of sp³-hybridized carbons (Fsp3) is 0.125. The fourth-order valence-electron chi connectivity index (χ4n) is 1.91. The Morgan fingerprint density at radius 2 is 1.91 bits per heavy atom. The van der Waals surface area contributed by atoms with Crippen LogP contribution < -0.4 is 10.6 Å². The molecule has 2 aromatic rings. The largest absolute Gasteiger partial charge is 0.332 e. The Labute approximate surface area is 167 Å². The number of thiocarbonyl (C=S) groups is 1. The lowest BCUT2D eigenvalue weighted by atomic mass is 10.1. The summed E-state index contributed by atoms with van der Waals surface area (Å²) in [5.41, 5.74) is 3.43. The van der Waals surface area contributed by atoms with E-state index in [2.05, 4.69) is 55.2 Å². The molecule has 3 nitrogen and oxygen atoms in total. The Bertz CT molecular complexity index is 798. The number of amides is 1. The molecule has 0 unspecified atom stereocenters. The molecule has 23 heavy (non-hydrogen) atoms. The SMILES string of the molecule is Cc1cc(NC(=S)NC(=O)c2cc(Br)ccc2Cl)c(C)cc1I. The van der Waals surface area contributed by atoms with Gasteiger partial charge in [0, 0.05) is 13.7 Å². The van der Waals surface area contributed by atoms with Crippen LogP contribution in [-0.2, 0) is 0 Å². The summed E-state index contributed by atoms with van der Waals surface area (Å²) >= 11 is 16.9. The lowest BCUT2D eigenvalue weighted by Crippen LogP contribution is -2.34. The average Bonchev–Trinajstić information content (AvgIpc) is 2.47. The zero-order valence-electron chi connectivity index (χ0n) is 12.3. The molecule has 0 atom stereocenters. The first-order valence-electron chi connectivity index (χ1n) is 6.62. The van der Waals surface area contributed by atoms with E-state index in [0.29, 0.717) is 10.6 Å². The minimum atomic E-state index is -0.353. The van der Waals surface area contributed by atoms with Crippen LogP contribution in [0.25, 0.3) is 0 Å². The predicted molar refractivity (Wildman–Crippen MR) is 111 cm³/mol. The highest BCUT2D eigenvalue weighted by molar-refractivity contribution is 14.1. The number of nitrogens with one attached hydrogen (secondary N) is 2. The van der Waals surface area contributed by atoms with Gasteiger partial charge in [0.2, 0.25) is 0 Å². The van der Waals surface area contributed by atoms with Crippen molar-refractivity contribution in [2.45, 2.75) is 13.8 Å². The number of anilines is 1. The van der Waals surface area contributed by atoms with Gasteiger partial charge < -0.3 is 5.32 Å². The van der Waals surface area contributed by atoms with Crippen molar-refractivity contribution >= 4 is 79.0 Å². The van der Waals surface area contributed by atoms with Crippen molar-refractivity contribution in [3.8, 4) is 0 Å². The summed E-state index contributed by atoms with van der Waals surface area (Å²) in [6.45, 7) is 4.01. The van der Waals surface area contributed by atoms with E-state index in [-0.39, 0.29) is 11.0 Å². The first-order valence-corrected chi connectivity index (χ1v) is 9.28. The van der Waals surface area contributed by atoms with E-state index in [0.717, 1.165) is 21.3 Å².